The maximum absolute atomic E-state index is 10.9. The van der Waals surface area contributed by atoms with E-state index in [2.05, 4.69) is 5.32 Å². The molecule has 4 N–H and O–H groups in total. The molecular weight excluding hydrogens is 286 g/mol. The number of hydrogen-bond acceptors (Lipinski definition) is 3. The van der Waals surface area contributed by atoms with Crippen LogP contribution in [0.1, 0.15) is 18.0 Å². The Morgan fingerprint density at radius 2 is 2.12 bits per heavy atom. The summed E-state index contributed by atoms with van der Waals surface area (Å²) in [6.07, 6.45) is 0.309. The van der Waals surface area contributed by atoms with Gasteiger partial charge in [0.25, 0.3) is 0 Å². The number of rotatable bonds is 1. The molecule has 2 rings (SSSR count). The fourth-order valence-electron chi connectivity index (χ4n) is 1.86. The molecule has 94 valence electrons. The van der Waals surface area contributed by atoms with E-state index in [4.69, 9.17) is 34.0 Å². The van der Waals surface area contributed by atoms with Crippen molar-refractivity contribution in [2.45, 2.75) is 18.5 Å². The van der Waals surface area contributed by atoms with Gasteiger partial charge in [0.05, 0.1) is 0 Å². The number of carboxylic acid groups (broad SMARTS) is 1. The maximum Gasteiger partial charge on any atom is 0.326 e. The molecular formula is C10H11Cl3N2O2. The first-order chi connectivity index (χ1) is 7.49. The first-order valence-corrected chi connectivity index (χ1v) is 5.48. The SMILES string of the molecule is Cl.N[C@@H]1C[C@H](C(=O)O)Nc2cc(Cl)cc(Cl)c21. The van der Waals surface area contributed by atoms with E-state index >= 15 is 0 Å². The highest BCUT2D eigenvalue weighted by atomic mass is 35.5. The Morgan fingerprint density at radius 3 is 2.71 bits per heavy atom. The largest absolute Gasteiger partial charge is 0.480 e. The molecule has 0 saturated heterocycles. The van der Waals surface area contributed by atoms with Gasteiger partial charge in [-0.05, 0) is 18.6 Å². The van der Waals surface area contributed by atoms with Crippen molar-refractivity contribution < 1.29 is 9.90 Å². The van der Waals surface area contributed by atoms with Crippen LogP contribution in [-0.4, -0.2) is 17.1 Å². The van der Waals surface area contributed by atoms with Gasteiger partial charge >= 0.3 is 5.97 Å². The van der Waals surface area contributed by atoms with Gasteiger partial charge < -0.3 is 16.2 Å². The second kappa shape index (κ2) is 5.31. The number of carboxylic acids is 1. The number of nitrogens with two attached hydrogens (primary N) is 1. The summed E-state index contributed by atoms with van der Waals surface area (Å²) in [5.41, 5.74) is 7.22. The van der Waals surface area contributed by atoms with Crippen LogP contribution in [0.4, 0.5) is 5.69 Å². The molecule has 1 aromatic carbocycles. The molecule has 0 unspecified atom stereocenters. The minimum Gasteiger partial charge on any atom is -0.480 e. The average Bonchev–Trinajstić information content (AvgIpc) is 2.15. The lowest BCUT2D eigenvalue weighted by Crippen LogP contribution is -2.37. The van der Waals surface area contributed by atoms with Gasteiger partial charge in [0.1, 0.15) is 6.04 Å². The highest BCUT2D eigenvalue weighted by Gasteiger charge is 2.30. The van der Waals surface area contributed by atoms with Crippen molar-refractivity contribution in [1.82, 2.24) is 0 Å². The molecule has 0 amide bonds. The topological polar surface area (TPSA) is 75.4 Å². The lowest BCUT2D eigenvalue weighted by Gasteiger charge is -2.29. The van der Waals surface area contributed by atoms with Gasteiger partial charge in [-0.2, -0.15) is 0 Å². The minimum absolute atomic E-state index is 0. The van der Waals surface area contributed by atoms with Crippen molar-refractivity contribution in [1.29, 1.82) is 0 Å². The minimum atomic E-state index is -0.933. The van der Waals surface area contributed by atoms with Crippen LogP contribution < -0.4 is 11.1 Å². The van der Waals surface area contributed by atoms with Gasteiger partial charge in [-0.3, -0.25) is 0 Å². The molecule has 0 aromatic heterocycles. The van der Waals surface area contributed by atoms with E-state index < -0.39 is 12.0 Å². The molecule has 0 radical (unpaired) electrons. The lowest BCUT2D eigenvalue weighted by atomic mass is 9.93. The van der Waals surface area contributed by atoms with Crippen LogP contribution in [0.5, 0.6) is 0 Å². The first kappa shape index (κ1) is 14.4. The predicted octanol–water partition coefficient (Wildman–Crippen LogP) is 2.68. The van der Waals surface area contributed by atoms with Crippen LogP contribution in [0.2, 0.25) is 10.0 Å². The molecule has 17 heavy (non-hydrogen) atoms. The molecule has 1 aromatic rings. The summed E-state index contributed by atoms with van der Waals surface area (Å²) < 4.78 is 0. The Balaban J connectivity index is 0.00000144. The highest BCUT2D eigenvalue weighted by Crippen LogP contribution is 2.38. The average molecular weight is 298 g/mol. The van der Waals surface area contributed by atoms with Crippen molar-refractivity contribution in [3.63, 3.8) is 0 Å². The highest BCUT2D eigenvalue weighted by molar-refractivity contribution is 6.35. The number of aliphatic carboxylic acids is 1. The van der Waals surface area contributed by atoms with Crippen LogP contribution in [-0.2, 0) is 4.79 Å². The van der Waals surface area contributed by atoms with E-state index in [0.29, 0.717) is 22.2 Å². The number of benzene rings is 1. The van der Waals surface area contributed by atoms with Crippen LogP contribution in [0.3, 0.4) is 0 Å². The molecule has 4 nitrogen and oxygen atoms in total. The van der Waals surface area contributed by atoms with Gasteiger partial charge in [-0.1, -0.05) is 23.2 Å². The van der Waals surface area contributed by atoms with Gasteiger partial charge in [0.2, 0.25) is 0 Å². The van der Waals surface area contributed by atoms with E-state index in [0.717, 1.165) is 5.56 Å². The summed E-state index contributed by atoms with van der Waals surface area (Å²) in [5.74, 6) is -0.933. The summed E-state index contributed by atoms with van der Waals surface area (Å²) in [6.45, 7) is 0. The van der Waals surface area contributed by atoms with Crippen molar-refractivity contribution in [2.75, 3.05) is 5.32 Å². The summed E-state index contributed by atoms with van der Waals surface area (Å²) in [7, 11) is 0. The zero-order valence-corrected chi connectivity index (χ0v) is 10.9. The molecule has 2 atom stereocenters. The lowest BCUT2D eigenvalue weighted by molar-refractivity contribution is -0.138. The molecule has 1 heterocycles. The maximum atomic E-state index is 10.9. The Hall–Kier alpha value is -0.680. The second-order valence-electron chi connectivity index (χ2n) is 3.73. The van der Waals surface area contributed by atoms with E-state index in [1.807, 2.05) is 0 Å². The van der Waals surface area contributed by atoms with Gasteiger partial charge in [-0.25, -0.2) is 4.79 Å². The van der Waals surface area contributed by atoms with Crippen LogP contribution in [0.25, 0.3) is 0 Å². The van der Waals surface area contributed by atoms with Crippen molar-refractivity contribution in [3.8, 4) is 0 Å². The summed E-state index contributed by atoms with van der Waals surface area (Å²) in [6, 6.07) is 2.15. The van der Waals surface area contributed by atoms with E-state index in [9.17, 15) is 4.79 Å². The number of fused-ring (bicyclic) bond motifs is 1. The monoisotopic (exact) mass is 296 g/mol. The summed E-state index contributed by atoms with van der Waals surface area (Å²) >= 11 is 11.9. The molecule has 1 aliphatic heterocycles. The summed E-state index contributed by atoms with van der Waals surface area (Å²) in [5, 5.41) is 12.7. The first-order valence-electron chi connectivity index (χ1n) is 4.73. The van der Waals surface area contributed by atoms with Crippen LogP contribution in [0.15, 0.2) is 12.1 Å². The van der Waals surface area contributed by atoms with Crippen molar-refractivity contribution in [2.24, 2.45) is 5.73 Å². The molecule has 7 heteroatoms. The number of nitrogens with one attached hydrogen (secondary N) is 1. The Morgan fingerprint density at radius 1 is 1.47 bits per heavy atom. The van der Waals surface area contributed by atoms with Crippen molar-refractivity contribution >= 4 is 47.3 Å². The molecule has 0 aliphatic carbocycles. The smallest absolute Gasteiger partial charge is 0.326 e. The molecule has 1 aliphatic rings. The van der Waals surface area contributed by atoms with E-state index in [-0.39, 0.29) is 18.4 Å². The van der Waals surface area contributed by atoms with Crippen molar-refractivity contribution in [3.05, 3.63) is 27.7 Å². The molecule has 0 saturated carbocycles. The third kappa shape index (κ3) is 2.77. The van der Waals surface area contributed by atoms with Gasteiger partial charge in [0, 0.05) is 27.3 Å². The third-order valence-corrected chi connectivity index (χ3v) is 3.11. The fourth-order valence-corrected chi connectivity index (χ4v) is 2.50. The summed E-state index contributed by atoms with van der Waals surface area (Å²) in [4.78, 5) is 10.9. The second-order valence-corrected chi connectivity index (χ2v) is 4.57. The molecule has 0 fully saturated rings. The number of carbonyl (C=O) groups is 1. The van der Waals surface area contributed by atoms with Gasteiger partial charge in [-0.15, -0.1) is 12.4 Å². The van der Waals surface area contributed by atoms with E-state index in [1.165, 1.54) is 0 Å². The number of hydrogen-bond donors (Lipinski definition) is 3. The number of anilines is 1. The normalized spacial score (nSPS) is 22.1. The Labute approximate surface area is 114 Å². The van der Waals surface area contributed by atoms with Gasteiger partial charge in [0.15, 0.2) is 0 Å². The third-order valence-electron chi connectivity index (χ3n) is 2.58. The standard InChI is InChI=1S/C10H10Cl2N2O2.ClH/c11-4-1-5(12)9-6(13)3-8(10(15)16)14-7(9)2-4;/h1-2,6,8,14H,3,13H2,(H,15,16);1H/t6-,8-;/m1./s1. The Kier molecular flexibility index (Phi) is 4.49. The van der Waals surface area contributed by atoms with E-state index in [1.54, 1.807) is 12.1 Å². The fraction of sp³-hybridized carbons (Fsp3) is 0.300. The zero-order valence-electron chi connectivity index (χ0n) is 8.61. The molecule has 0 spiro atoms. The Bertz CT molecular complexity index is 453. The quantitative estimate of drug-likeness (QED) is 0.745. The predicted molar refractivity (Wildman–Crippen MR) is 70.3 cm³/mol. The number of halogens is 3. The van der Waals surface area contributed by atoms with Crippen LogP contribution in [0, 0.1) is 0 Å². The van der Waals surface area contributed by atoms with Crippen LogP contribution >= 0.6 is 35.6 Å². The zero-order chi connectivity index (χ0) is 11.9. The molecule has 0 bridgehead atoms.